The summed E-state index contributed by atoms with van der Waals surface area (Å²) in [6.07, 6.45) is 1.21. The van der Waals surface area contributed by atoms with E-state index in [1.165, 1.54) is 12.1 Å². The zero-order valence-electron chi connectivity index (χ0n) is 7.24. The van der Waals surface area contributed by atoms with Crippen molar-refractivity contribution in [1.82, 2.24) is 4.98 Å². The van der Waals surface area contributed by atoms with Gasteiger partial charge in [0.25, 0.3) is 0 Å². The van der Waals surface area contributed by atoms with Crippen LogP contribution >= 0.6 is 0 Å². The molecule has 0 radical (unpaired) electrons. The lowest BCUT2D eigenvalue weighted by molar-refractivity contribution is 0.104. The highest BCUT2D eigenvalue weighted by Gasteiger charge is 2.05. The summed E-state index contributed by atoms with van der Waals surface area (Å²) < 4.78 is 4.81. The van der Waals surface area contributed by atoms with E-state index in [0.29, 0.717) is 16.7 Å². The van der Waals surface area contributed by atoms with Gasteiger partial charge in [0.05, 0.1) is 5.52 Å². The van der Waals surface area contributed by atoms with Gasteiger partial charge in [-0.25, -0.2) is 4.79 Å². The molecule has 1 N–H and O–H groups in total. The number of carbonyl (C=O) groups is 1. The highest BCUT2D eigenvalue weighted by atomic mass is 16.4. The third-order valence-corrected chi connectivity index (χ3v) is 1.89. The molecule has 0 amide bonds. The molecule has 14 heavy (non-hydrogen) atoms. The van der Waals surface area contributed by atoms with Crippen molar-refractivity contribution in [3.05, 3.63) is 47.0 Å². The van der Waals surface area contributed by atoms with E-state index in [0.717, 1.165) is 0 Å². The number of hydrogen-bond donors (Lipinski definition) is 1. The zero-order chi connectivity index (χ0) is 10.1. The number of aromatic nitrogens is 1. The number of benzene rings is 1. The fourth-order valence-electron chi connectivity index (χ4n) is 1.22. The summed E-state index contributed by atoms with van der Waals surface area (Å²) in [7, 11) is 0. The summed E-state index contributed by atoms with van der Waals surface area (Å²) in [5.41, 5.74) is 1.41. The molecular weight excluding hydrogens is 182 g/mol. The average Bonchev–Trinajstić information content (AvgIpc) is 2.55. The van der Waals surface area contributed by atoms with Gasteiger partial charge in [-0.2, -0.15) is 0 Å². The van der Waals surface area contributed by atoms with Crippen LogP contribution in [0.5, 0.6) is 0 Å². The van der Waals surface area contributed by atoms with Gasteiger partial charge < -0.3 is 4.42 Å². The van der Waals surface area contributed by atoms with Gasteiger partial charge in [0.2, 0.25) is 0 Å². The number of aromatic amines is 1. The van der Waals surface area contributed by atoms with Crippen LogP contribution in [0.2, 0.25) is 0 Å². The molecule has 0 saturated carbocycles. The minimum Gasteiger partial charge on any atom is -0.408 e. The topological polar surface area (TPSA) is 63.1 Å². The van der Waals surface area contributed by atoms with E-state index in [9.17, 15) is 9.59 Å². The summed E-state index contributed by atoms with van der Waals surface area (Å²) in [4.78, 5) is 24.5. The zero-order valence-corrected chi connectivity index (χ0v) is 7.24. The second-order valence-electron chi connectivity index (χ2n) is 2.79. The summed E-state index contributed by atoms with van der Waals surface area (Å²) in [5.74, 6) is -0.723. The molecule has 0 fully saturated rings. The molecule has 4 heteroatoms. The SMILES string of the molecule is C=CC(=O)c1ccc2[nH]c(=O)oc2c1. The number of nitrogens with one attached hydrogen (secondary N) is 1. The molecule has 2 rings (SSSR count). The molecule has 4 nitrogen and oxygen atoms in total. The van der Waals surface area contributed by atoms with E-state index in [2.05, 4.69) is 11.6 Å². The van der Waals surface area contributed by atoms with Crippen molar-refractivity contribution in [2.45, 2.75) is 0 Å². The summed E-state index contributed by atoms with van der Waals surface area (Å²) in [6.45, 7) is 3.37. The van der Waals surface area contributed by atoms with E-state index >= 15 is 0 Å². The predicted molar refractivity (Wildman–Crippen MR) is 51.4 cm³/mol. The van der Waals surface area contributed by atoms with Gasteiger partial charge in [-0.1, -0.05) is 6.58 Å². The number of carbonyl (C=O) groups excluding carboxylic acids is 1. The molecule has 0 atom stereocenters. The monoisotopic (exact) mass is 189 g/mol. The average molecular weight is 189 g/mol. The van der Waals surface area contributed by atoms with Crippen LogP contribution in [0, 0.1) is 0 Å². The summed E-state index contributed by atoms with van der Waals surface area (Å²) in [6, 6.07) is 4.74. The van der Waals surface area contributed by atoms with E-state index in [1.807, 2.05) is 0 Å². The van der Waals surface area contributed by atoms with Crippen molar-refractivity contribution in [3.63, 3.8) is 0 Å². The Morgan fingerprint density at radius 3 is 3.00 bits per heavy atom. The van der Waals surface area contributed by atoms with Crippen molar-refractivity contribution in [3.8, 4) is 0 Å². The van der Waals surface area contributed by atoms with Crippen molar-refractivity contribution >= 4 is 16.9 Å². The molecule has 0 aliphatic heterocycles. The molecule has 2 aromatic rings. The first-order chi connectivity index (χ1) is 6.70. The molecule has 0 bridgehead atoms. The first kappa shape index (κ1) is 8.50. The molecule has 0 spiro atoms. The quantitative estimate of drug-likeness (QED) is 0.575. The minimum atomic E-state index is -0.525. The minimum absolute atomic E-state index is 0.198. The third kappa shape index (κ3) is 1.26. The van der Waals surface area contributed by atoms with Gasteiger partial charge in [-0.15, -0.1) is 0 Å². The van der Waals surface area contributed by atoms with Crippen LogP contribution < -0.4 is 5.76 Å². The number of hydrogen-bond acceptors (Lipinski definition) is 3. The Kier molecular flexibility index (Phi) is 1.81. The predicted octanol–water partition coefficient (Wildman–Crippen LogP) is 1.49. The number of rotatable bonds is 2. The number of allylic oxidation sites excluding steroid dienone is 1. The summed E-state index contributed by atoms with van der Waals surface area (Å²) in [5, 5.41) is 0. The van der Waals surface area contributed by atoms with Gasteiger partial charge in [-0.3, -0.25) is 9.78 Å². The number of fused-ring (bicyclic) bond motifs is 1. The highest BCUT2D eigenvalue weighted by Crippen LogP contribution is 2.12. The van der Waals surface area contributed by atoms with Gasteiger partial charge in [-0.05, 0) is 24.3 Å². The van der Waals surface area contributed by atoms with E-state index in [-0.39, 0.29) is 5.78 Å². The van der Waals surface area contributed by atoms with Gasteiger partial charge >= 0.3 is 5.76 Å². The Balaban J connectivity index is 2.66. The maximum Gasteiger partial charge on any atom is 0.417 e. The van der Waals surface area contributed by atoms with Gasteiger partial charge in [0.15, 0.2) is 11.4 Å². The Morgan fingerprint density at radius 1 is 1.50 bits per heavy atom. The molecule has 1 aromatic carbocycles. The molecule has 0 aliphatic rings. The van der Waals surface area contributed by atoms with Crippen molar-refractivity contribution in [2.24, 2.45) is 0 Å². The van der Waals surface area contributed by atoms with E-state index < -0.39 is 5.76 Å². The Hall–Kier alpha value is -2.10. The van der Waals surface area contributed by atoms with E-state index in [4.69, 9.17) is 4.42 Å². The van der Waals surface area contributed by atoms with Crippen LogP contribution in [0.25, 0.3) is 11.1 Å². The first-order valence-electron chi connectivity index (χ1n) is 4.00. The Labute approximate surface area is 78.9 Å². The van der Waals surface area contributed by atoms with Crippen LogP contribution in [-0.4, -0.2) is 10.8 Å². The molecule has 1 heterocycles. The van der Waals surface area contributed by atoms with Crippen molar-refractivity contribution < 1.29 is 9.21 Å². The van der Waals surface area contributed by atoms with E-state index in [1.54, 1.807) is 12.1 Å². The van der Waals surface area contributed by atoms with Crippen LogP contribution in [0.3, 0.4) is 0 Å². The maximum absolute atomic E-state index is 11.2. The molecule has 0 saturated heterocycles. The van der Waals surface area contributed by atoms with Crippen molar-refractivity contribution in [2.75, 3.05) is 0 Å². The highest BCUT2D eigenvalue weighted by molar-refractivity contribution is 6.05. The normalized spacial score (nSPS) is 10.3. The van der Waals surface area contributed by atoms with Crippen LogP contribution in [0.4, 0.5) is 0 Å². The Bertz CT molecular complexity index is 562. The smallest absolute Gasteiger partial charge is 0.408 e. The Morgan fingerprint density at radius 2 is 2.29 bits per heavy atom. The molecule has 1 aromatic heterocycles. The molecule has 0 aliphatic carbocycles. The van der Waals surface area contributed by atoms with Crippen LogP contribution in [0.1, 0.15) is 10.4 Å². The second kappa shape index (κ2) is 2.99. The molecule has 0 unspecified atom stereocenters. The number of oxazole rings is 1. The number of H-pyrrole nitrogens is 1. The maximum atomic E-state index is 11.2. The van der Waals surface area contributed by atoms with Gasteiger partial charge in [0, 0.05) is 5.56 Å². The largest absolute Gasteiger partial charge is 0.417 e. The van der Waals surface area contributed by atoms with Crippen LogP contribution in [0.15, 0.2) is 40.1 Å². The molecule has 70 valence electrons. The van der Waals surface area contributed by atoms with Gasteiger partial charge in [0.1, 0.15) is 0 Å². The third-order valence-electron chi connectivity index (χ3n) is 1.89. The standard InChI is InChI=1S/C10H7NO3/c1-2-8(12)6-3-4-7-9(5-6)14-10(13)11-7/h2-5H,1H2,(H,11,13). The number of ketones is 1. The lowest BCUT2D eigenvalue weighted by atomic mass is 10.1. The first-order valence-corrected chi connectivity index (χ1v) is 4.00. The van der Waals surface area contributed by atoms with Crippen molar-refractivity contribution in [1.29, 1.82) is 0 Å². The summed E-state index contributed by atoms with van der Waals surface area (Å²) >= 11 is 0. The lowest BCUT2D eigenvalue weighted by Gasteiger charge is -1.93. The fourth-order valence-corrected chi connectivity index (χ4v) is 1.22. The lowest BCUT2D eigenvalue weighted by Crippen LogP contribution is -1.92. The fraction of sp³-hybridized carbons (Fsp3) is 0. The van der Waals surface area contributed by atoms with Crippen LogP contribution in [-0.2, 0) is 0 Å². The molecular formula is C10H7NO3. The second-order valence-corrected chi connectivity index (χ2v) is 2.79.